The van der Waals surface area contributed by atoms with Gasteiger partial charge in [0.1, 0.15) is 0 Å². The van der Waals surface area contributed by atoms with Crippen molar-refractivity contribution in [3.05, 3.63) is 21.4 Å². The summed E-state index contributed by atoms with van der Waals surface area (Å²) in [6, 6.07) is 2.43. The van der Waals surface area contributed by atoms with Crippen LogP contribution >= 0.6 is 11.3 Å². The molecule has 0 spiro atoms. The van der Waals surface area contributed by atoms with E-state index in [1.54, 1.807) is 4.88 Å². The van der Waals surface area contributed by atoms with Crippen LogP contribution < -0.4 is 10.6 Å². The lowest BCUT2D eigenvalue weighted by Crippen LogP contribution is -2.42. The predicted octanol–water partition coefficient (Wildman–Crippen LogP) is 2.80. The van der Waals surface area contributed by atoms with E-state index in [9.17, 15) is 4.79 Å². The molecule has 0 aliphatic heterocycles. The van der Waals surface area contributed by atoms with E-state index in [1.165, 1.54) is 36.1 Å². The molecule has 2 rings (SSSR count). The number of hydrogen-bond acceptors (Lipinski definition) is 3. The van der Waals surface area contributed by atoms with E-state index in [-0.39, 0.29) is 18.0 Å². The Kier molecular flexibility index (Phi) is 4.99. The number of rotatable bonds is 5. The number of aryl methyl sites for hydroxylation is 2. The molecule has 19 heavy (non-hydrogen) atoms. The zero-order valence-corrected chi connectivity index (χ0v) is 12.9. The first-order valence-electron chi connectivity index (χ1n) is 7.27. The summed E-state index contributed by atoms with van der Waals surface area (Å²) in [5.41, 5.74) is 1.53. The van der Waals surface area contributed by atoms with Gasteiger partial charge in [-0.1, -0.05) is 0 Å². The molecule has 106 valence electrons. The van der Waals surface area contributed by atoms with Crippen LogP contribution in [0.3, 0.4) is 0 Å². The Morgan fingerprint density at radius 2 is 2.11 bits per heavy atom. The van der Waals surface area contributed by atoms with E-state index in [2.05, 4.69) is 23.6 Å². The molecule has 0 aromatic carbocycles. The quantitative estimate of drug-likeness (QED) is 0.871. The van der Waals surface area contributed by atoms with Crippen molar-refractivity contribution in [3.63, 3.8) is 0 Å². The number of fused-ring (bicyclic) bond motifs is 1. The fourth-order valence-corrected chi connectivity index (χ4v) is 3.86. The van der Waals surface area contributed by atoms with E-state index in [1.807, 2.05) is 25.2 Å². The Morgan fingerprint density at radius 1 is 1.37 bits per heavy atom. The molecular weight excluding hydrogens is 256 g/mol. The number of nitrogens with one attached hydrogen (secondary N) is 2. The highest BCUT2D eigenvalue weighted by Crippen LogP contribution is 2.32. The van der Waals surface area contributed by atoms with Crippen LogP contribution in [0.2, 0.25) is 0 Å². The van der Waals surface area contributed by atoms with Gasteiger partial charge in [0.25, 0.3) is 0 Å². The van der Waals surface area contributed by atoms with Crippen LogP contribution in [0.4, 0.5) is 0 Å². The van der Waals surface area contributed by atoms with Gasteiger partial charge in [-0.25, -0.2) is 0 Å². The summed E-state index contributed by atoms with van der Waals surface area (Å²) in [6.07, 6.45) is 5.10. The van der Waals surface area contributed by atoms with Gasteiger partial charge >= 0.3 is 0 Å². The monoisotopic (exact) mass is 280 g/mol. The molecule has 2 unspecified atom stereocenters. The topological polar surface area (TPSA) is 41.1 Å². The fraction of sp³-hybridized carbons (Fsp3) is 0.667. The van der Waals surface area contributed by atoms with E-state index < -0.39 is 0 Å². The SMILES string of the molecule is CCNC(=O)C(C)NC(C)c1cc2c(s1)CCCC2. The van der Waals surface area contributed by atoms with Crippen molar-refractivity contribution in [3.8, 4) is 0 Å². The second kappa shape index (κ2) is 6.53. The van der Waals surface area contributed by atoms with E-state index in [0.29, 0.717) is 6.54 Å². The first-order chi connectivity index (χ1) is 9.11. The number of thiophene rings is 1. The van der Waals surface area contributed by atoms with E-state index in [4.69, 9.17) is 0 Å². The summed E-state index contributed by atoms with van der Waals surface area (Å²) in [7, 11) is 0. The summed E-state index contributed by atoms with van der Waals surface area (Å²) in [5.74, 6) is 0.0793. The highest BCUT2D eigenvalue weighted by atomic mass is 32.1. The van der Waals surface area contributed by atoms with Gasteiger partial charge in [-0.15, -0.1) is 11.3 Å². The lowest BCUT2D eigenvalue weighted by molar-refractivity contribution is -0.122. The molecule has 3 nitrogen and oxygen atoms in total. The molecule has 1 amide bonds. The number of carbonyl (C=O) groups excluding carboxylic acids is 1. The largest absolute Gasteiger partial charge is 0.355 e. The number of amides is 1. The van der Waals surface area contributed by atoms with Gasteiger partial charge in [-0.2, -0.15) is 0 Å². The molecule has 1 aromatic heterocycles. The molecule has 2 N–H and O–H groups in total. The molecule has 1 aliphatic carbocycles. The summed E-state index contributed by atoms with van der Waals surface area (Å²) in [4.78, 5) is 14.7. The lowest BCUT2D eigenvalue weighted by atomic mass is 9.99. The average Bonchev–Trinajstić information content (AvgIpc) is 2.82. The zero-order chi connectivity index (χ0) is 13.8. The maximum Gasteiger partial charge on any atom is 0.236 e. The van der Waals surface area contributed by atoms with Crippen LogP contribution in [-0.4, -0.2) is 18.5 Å². The van der Waals surface area contributed by atoms with Crippen LogP contribution in [0.1, 0.15) is 55.0 Å². The van der Waals surface area contributed by atoms with Gasteiger partial charge in [0, 0.05) is 22.3 Å². The Morgan fingerprint density at radius 3 is 2.79 bits per heavy atom. The number of carbonyl (C=O) groups is 1. The lowest BCUT2D eigenvalue weighted by Gasteiger charge is -2.18. The van der Waals surface area contributed by atoms with E-state index in [0.717, 1.165) is 0 Å². The summed E-state index contributed by atoms with van der Waals surface area (Å²) < 4.78 is 0. The normalized spacial score (nSPS) is 17.6. The molecule has 4 heteroatoms. The highest BCUT2D eigenvalue weighted by Gasteiger charge is 2.19. The summed E-state index contributed by atoms with van der Waals surface area (Å²) in [6.45, 7) is 6.70. The number of likely N-dealkylation sites (N-methyl/N-ethyl adjacent to an activating group) is 1. The smallest absolute Gasteiger partial charge is 0.236 e. The molecule has 0 bridgehead atoms. The van der Waals surface area contributed by atoms with Crippen molar-refractivity contribution in [2.75, 3.05) is 6.54 Å². The fourth-order valence-electron chi connectivity index (χ4n) is 2.59. The van der Waals surface area contributed by atoms with Crippen molar-refractivity contribution in [1.29, 1.82) is 0 Å². The highest BCUT2D eigenvalue weighted by molar-refractivity contribution is 7.12. The molecule has 2 atom stereocenters. The number of hydrogen-bond donors (Lipinski definition) is 2. The third-order valence-electron chi connectivity index (χ3n) is 3.69. The zero-order valence-electron chi connectivity index (χ0n) is 12.1. The van der Waals surface area contributed by atoms with Crippen molar-refractivity contribution >= 4 is 17.2 Å². The molecule has 0 saturated heterocycles. The molecule has 1 aromatic rings. The van der Waals surface area contributed by atoms with Gasteiger partial charge in [-0.3, -0.25) is 10.1 Å². The second-order valence-corrected chi connectivity index (χ2v) is 6.48. The summed E-state index contributed by atoms with van der Waals surface area (Å²) >= 11 is 1.92. The minimum atomic E-state index is -0.144. The molecule has 1 aliphatic rings. The minimum Gasteiger partial charge on any atom is -0.355 e. The van der Waals surface area contributed by atoms with Crippen LogP contribution in [0, 0.1) is 0 Å². The maximum absolute atomic E-state index is 11.7. The minimum absolute atomic E-state index is 0.0793. The van der Waals surface area contributed by atoms with Crippen molar-refractivity contribution in [1.82, 2.24) is 10.6 Å². The first kappa shape index (κ1) is 14.5. The first-order valence-corrected chi connectivity index (χ1v) is 8.08. The van der Waals surface area contributed by atoms with Gasteiger partial charge in [0.2, 0.25) is 5.91 Å². The van der Waals surface area contributed by atoms with Gasteiger partial charge < -0.3 is 5.32 Å². The Labute approximate surface area is 119 Å². The summed E-state index contributed by atoms with van der Waals surface area (Å²) in [5, 5.41) is 6.24. The predicted molar refractivity (Wildman–Crippen MR) is 80.7 cm³/mol. The van der Waals surface area contributed by atoms with Gasteiger partial charge in [-0.05, 0) is 58.1 Å². The standard InChI is InChI=1S/C15H24N2OS/c1-4-16-15(18)11(3)17-10(2)14-9-12-7-5-6-8-13(12)19-14/h9-11,17H,4-8H2,1-3H3,(H,16,18). The van der Waals surface area contributed by atoms with Gasteiger partial charge in [0.05, 0.1) is 6.04 Å². The molecule has 0 radical (unpaired) electrons. The Hall–Kier alpha value is -0.870. The van der Waals surface area contributed by atoms with Crippen LogP contribution in [0.25, 0.3) is 0 Å². The maximum atomic E-state index is 11.7. The van der Waals surface area contributed by atoms with Crippen LogP contribution in [-0.2, 0) is 17.6 Å². The van der Waals surface area contributed by atoms with E-state index >= 15 is 0 Å². The third-order valence-corrected chi connectivity index (χ3v) is 5.11. The second-order valence-electron chi connectivity index (χ2n) is 5.31. The molecule has 1 heterocycles. The molecule has 0 saturated carbocycles. The van der Waals surface area contributed by atoms with Crippen LogP contribution in [0.5, 0.6) is 0 Å². The Balaban J connectivity index is 1.97. The molecule has 0 fully saturated rings. The van der Waals surface area contributed by atoms with Crippen molar-refractivity contribution in [2.45, 2.75) is 58.5 Å². The van der Waals surface area contributed by atoms with Gasteiger partial charge in [0.15, 0.2) is 0 Å². The van der Waals surface area contributed by atoms with Crippen molar-refractivity contribution in [2.24, 2.45) is 0 Å². The molecular formula is C15H24N2OS. The van der Waals surface area contributed by atoms with Crippen molar-refractivity contribution < 1.29 is 4.79 Å². The third kappa shape index (κ3) is 3.57. The van der Waals surface area contributed by atoms with Crippen LogP contribution in [0.15, 0.2) is 6.07 Å². The average molecular weight is 280 g/mol. The Bertz CT molecular complexity index is 418.